The van der Waals surface area contributed by atoms with Gasteiger partial charge in [0.2, 0.25) is 5.43 Å². The van der Waals surface area contributed by atoms with E-state index in [1.54, 1.807) is 6.07 Å². The van der Waals surface area contributed by atoms with Crippen LogP contribution in [0.1, 0.15) is 43.9 Å². The summed E-state index contributed by atoms with van der Waals surface area (Å²) >= 11 is 7.69. The van der Waals surface area contributed by atoms with Crippen LogP contribution in [-0.2, 0) is 0 Å². The molecule has 29 heavy (non-hydrogen) atoms. The molecule has 0 saturated carbocycles. The smallest absolute Gasteiger partial charge is 0.201 e. The molecule has 1 aliphatic rings. The van der Waals surface area contributed by atoms with Crippen LogP contribution < -0.4 is 20.8 Å². The molecule has 4 rings (SSSR count). The van der Waals surface area contributed by atoms with E-state index in [0.717, 1.165) is 63.9 Å². The number of aromatic amines is 1. The number of halogens is 1. The zero-order valence-corrected chi connectivity index (χ0v) is 18.7. The number of aryl methyl sites for hydroxylation is 1. The summed E-state index contributed by atoms with van der Waals surface area (Å²) in [7, 11) is 0. The van der Waals surface area contributed by atoms with Crippen molar-refractivity contribution < 1.29 is 4.74 Å². The Morgan fingerprint density at radius 1 is 1.28 bits per heavy atom. The monoisotopic (exact) mass is 433 g/mol. The number of pyridine rings is 1. The van der Waals surface area contributed by atoms with Crippen LogP contribution in [0.3, 0.4) is 0 Å². The van der Waals surface area contributed by atoms with E-state index in [0.29, 0.717) is 6.61 Å². The summed E-state index contributed by atoms with van der Waals surface area (Å²) in [5, 5.41) is 9.59. The fourth-order valence-corrected chi connectivity index (χ4v) is 4.56. The van der Waals surface area contributed by atoms with E-state index < -0.39 is 0 Å². The SMILES string of the molecule is CC.Cc1cc(Cl)cc2c1OCCC2NCCCNc1cc(=O)c2sccc2[nH]1. The number of hydrogen-bond donors (Lipinski definition) is 3. The van der Waals surface area contributed by atoms with E-state index in [2.05, 4.69) is 15.6 Å². The molecule has 0 fully saturated rings. The Balaban J connectivity index is 0.00000117. The van der Waals surface area contributed by atoms with Gasteiger partial charge in [0, 0.05) is 35.7 Å². The lowest BCUT2D eigenvalue weighted by atomic mass is 9.98. The van der Waals surface area contributed by atoms with Crippen LogP contribution in [0.4, 0.5) is 5.82 Å². The zero-order valence-electron chi connectivity index (χ0n) is 17.1. The van der Waals surface area contributed by atoms with Crippen LogP contribution in [0.2, 0.25) is 5.02 Å². The molecule has 3 N–H and O–H groups in total. The van der Waals surface area contributed by atoms with Crippen molar-refractivity contribution in [3.8, 4) is 5.75 Å². The Morgan fingerprint density at radius 2 is 2.10 bits per heavy atom. The Labute approximate surface area is 180 Å². The molecule has 1 unspecified atom stereocenters. The number of aromatic nitrogens is 1. The highest BCUT2D eigenvalue weighted by atomic mass is 35.5. The number of benzene rings is 1. The van der Waals surface area contributed by atoms with Gasteiger partial charge in [-0.1, -0.05) is 25.4 Å². The molecule has 0 saturated heterocycles. The number of hydrogen-bond acceptors (Lipinski definition) is 5. The molecule has 0 aliphatic carbocycles. The minimum Gasteiger partial charge on any atom is -0.493 e. The molecule has 0 amide bonds. The maximum absolute atomic E-state index is 12.0. The van der Waals surface area contributed by atoms with Crippen LogP contribution in [0.5, 0.6) is 5.75 Å². The van der Waals surface area contributed by atoms with E-state index in [-0.39, 0.29) is 11.5 Å². The van der Waals surface area contributed by atoms with Crippen molar-refractivity contribution >= 4 is 39.0 Å². The third kappa shape index (κ3) is 5.13. The van der Waals surface area contributed by atoms with Gasteiger partial charge in [-0.3, -0.25) is 4.79 Å². The average Bonchev–Trinajstić information content (AvgIpc) is 3.19. The quantitative estimate of drug-likeness (QED) is 0.449. The highest BCUT2D eigenvalue weighted by molar-refractivity contribution is 7.17. The first kappa shape index (κ1) is 21.7. The van der Waals surface area contributed by atoms with Gasteiger partial charge in [-0.25, -0.2) is 0 Å². The molecule has 1 aromatic carbocycles. The Kier molecular flexibility index (Phi) is 7.58. The molecule has 5 nitrogen and oxygen atoms in total. The van der Waals surface area contributed by atoms with E-state index in [4.69, 9.17) is 16.3 Å². The van der Waals surface area contributed by atoms with Gasteiger partial charge in [0.05, 0.1) is 16.8 Å². The minimum absolute atomic E-state index is 0.0606. The molecule has 0 radical (unpaired) electrons. The normalized spacial score (nSPS) is 15.2. The minimum atomic E-state index is 0.0606. The van der Waals surface area contributed by atoms with E-state index in [1.165, 1.54) is 11.3 Å². The van der Waals surface area contributed by atoms with Gasteiger partial charge in [-0.15, -0.1) is 11.3 Å². The van der Waals surface area contributed by atoms with Crippen molar-refractivity contribution in [3.63, 3.8) is 0 Å². The first-order chi connectivity index (χ1) is 14.1. The van der Waals surface area contributed by atoms with Gasteiger partial charge in [-0.05, 0) is 49.0 Å². The summed E-state index contributed by atoms with van der Waals surface area (Å²) in [5.74, 6) is 1.73. The molecular weight excluding hydrogens is 406 g/mol. The number of rotatable bonds is 6. The zero-order chi connectivity index (χ0) is 20.8. The van der Waals surface area contributed by atoms with Crippen molar-refractivity contribution in [2.45, 2.75) is 39.7 Å². The predicted molar refractivity (Wildman–Crippen MR) is 124 cm³/mol. The molecule has 1 atom stereocenters. The fraction of sp³-hybridized carbons (Fsp3) is 0.409. The summed E-state index contributed by atoms with van der Waals surface area (Å²) < 4.78 is 6.59. The second-order valence-corrected chi connectivity index (χ2v) is 8.13. The number of nitrogens with one attached hydrogen (secondary N) is 3. The van der Waals surface area contributed by atoms with Crippen molar-refractivity contribution in [3.05, 3.63) is 56.0 Å². The molecule has 156 valence electrons. The third-order valence-corrected chi connectivity index (χ3v) is 5.94. The molecule has 0 bridgehead atoms. The lowest BCUT2D eigenvalue weighted by molar-refractivity contribution is 0.251. The maximum Gasteiger partial charge on any atom is 0.201 e. The maximum atomic E-state index is 12.0. The van der Waals surface area contributed by atoms with Crippen molar-refractivity contribution in [1.82, 2.24) is 10.3 Å². The molecular formula is C22H28ClN3O2S. The highest BCUT2D eigenvalue weighted by Crippen LogP contribution is 2.36. The average molecular weight is 434 g/mol. The molecule has 7 heteroatoms. The second kappa shape index (κ2) is 10.1. The van der Waals surface area contributed by atoms with Crippen LogP contribution in [-0.4, -0.2) is 24.7 Å². The van der Waals surface area contributed by atoms with E-state index in [9.17, 15) is 4.79 Å². The van der Waals surface area contributed by atoms with Gasteiger partial charge in [0.15, 0.2) is 0 Å². The van der Waals surface area contributed by atoms with Crippen molar-refractivity contribution in [2.75, 3.05) is 25.0 Å². The summed E-state index contributed by atoms with van der Waals surface area (Å²) in [6.07, 6.45) is 1.87. The van der Waals surface area contributed by atoms with Crippen LogP contribution in [0.15, 0.2) is 34.4 Å². The molecule has 3 heterocycles. The summed E-state index contributed by atoms with van der Waals surface area (Å²) in [6.45, 7) is 8.40. The number of anilines is 1. The number of H-pyrrole nitrogens is 1. The Hall–Kier alpha value is -2.02. The highest BCUT2D eigenvalue weighted by Gasteiger charge is 2.22. The first-order valence-electron chi connectivity index (χ1n) is 10.1. The van der Waals surface area contributed by atoms with E-state index >= 15 is 0 Å². The van der Waals surface area contributed by atoms with Crippen LogP contribution >= 0.6 is 22.9 Å². The standard InChI is InChI=1S/C20H22ClN3O2S.C2H6/c1-12-9-13(21)10-14-15(3-7-26-19(12)14)22-5-2-6-23-18-11-17(25)20-16(24-18)4-8-27-20;1-2/h4,8-11,15,22H,2-3,5-7H2,1H3,(H2,23,24,25);1-2H3. The molecule has 1 aliphatic heterocycles. The van der Waals surface area contributed by atoms with Crippen LogP contribution in [0.25, 0.3) is 10.2 Å². The van der Waals surface area contributed by atoms with Crippen LogP contribution in [0, 0.1) is 6.92 Å². The molecule has 0 spiro atoms. The van der Waals surface area contributed by atoms with Gasteiger partial charge in [-0.2, -0.15) is 0 Å². The predicted octanol–water partition coefficient (Wildman–Crippen LogP) is 5.49. The first-order valence-corrected chi connectivity index (χ1v) is 11.4. The van der Waals surface area contributed by atoms with Crippen molar-refractivity contribution in [2.24, 2.45) is 0 Å². The second-order valence-electron chi connectivity index (χ2n) is 6.78. The Bertz CT molecular complexity index is 1010. The van der Waals surface area contributed by atoms with Gasteiger partial charge in [0.1, 0.15) is 11.6 Å². The summed E-state index contributed by atoms with van der Waals surface area (Å²) in [6, 6.07) is 7.76. The topological polar surface area (TPSA) is 66.2 Å². The van der Waals surface area contributed by atoms with Gasteiger partial charge >= 0.3 is 0 Å². The largest absolute Gasteiger partial charge is 0.493 e. The summed E-state index contributed by atoms with van der Waals surface area (Å²) in [5.41, 5.74) is 3.18. The van der Waals surface area contributed by atoms with Crippen molar-refractivity contribution in [1.29, 1.82) is 0 Å². The fourth-order valence-electron chi connectivity index (χ4n) is 3.52. The number of fused-ring (bicyclic) bond motifs is 2. The number of ether oxygens (including phenoxy) is 1. The molecule has 3 aromatic rings. The lowest BCUT2D eigenvalue weighted by Crippen LogP contribution is -2.29. The number of thiophene rings is 1. The van der Waals surface area contributed by atoms with Gasteiger partial charge < -0.3 is 20.4 Å². The summed E-state index contributed by atoms with van der Waals surface area (Å²) in [4.78, 5) is 15.3. The lowest BCUT2D eigenvalue weighted by Gasteiger charge is -2.28. The molecule has 2 aromatic heterocycles. The van der Waals surface area contributed by atoms with Gasteiger partial charge in [0.25, 0.3) is 0 Å². The van der Waals surface area contributed by atoms with E-state index in [1.807, 2.05) is 44.4 Å². The third-order valence-electron chi connectivity index (χ3n) is 4.79. The Morgan fingerprint density at radius 3 is 2.93 bits per heavy atom.